The van der Waals surface area contributed by atoms with E-state index >= 15 is 0 Å². The Hall–Kier alpha value is -0.410. The van der Waals surface area contributed by atoms with Gasteiger partial charge < -0.3 is 35.7 Å². The Bertz CT molecular complexity index is 483. The van der Waals surface area contributed by atoms with E-state index in [-0.39, 0.29) is 12.8 Å². The third kappa shape index (κ3) is 5.56. The molecule has 8 atom stereocenters. The Morgan fingerprint density at radius 2 is 1.67 bits per heavy atom. The number of aliphatic hydroxyl groups excluding tert-OH is 7. The van der Waals surface area contributed by atoms with Crippen molar-refractivity contribution in [3.8, 4) is 0 Å². The third-order valence-corrected chi connectivity index (χ3v) is 4.73. The first kappa shape index (κ1) is 21.6. The SMILES string of the molecule is O=S(=O)(O)O[C@@H]([C@H](O)[C@H](O)CO)[C@H](O)CC1C[C@@H](O)[C@H](O)[C@H]1CO. The van der Waals surface area contributed by atoms with Crippen LogP contribution in [0.2, 0.25) is 0 Å². The fourth-order valence-electron chi connectivity index (χ4n) is 2.98. The first-order valence-electron chi connectivity index (χ1n) is 7.29. The second kappa shape index (κ2) is 8.80. The van der Waals surface area contributed by atoms with Crippen molar-refractivity contribution in [1.29, 1.82) is 0 Å². The van der Waals surface area contributed by atoms with Crippen molar-refractivity contribution >= 4 is 10.4 Å². The second-order valence-electron chi connectivity index (χ2n) is 5.93. The van der Waals surface area contributed by atoms with Gasteiger partial charge >= 0.3 is 10.4 Å². The number of hydrogen-bond donors (Lipinski definition) is 8. The van der Waals surface area contributed by atoms with Crippen LogP contribution in [0, 0.1) is 11.8 Å². The maximum atomic E-state index is 10.9. The third-order valence-electron chi connectivity index (χ3n) is 4.27. The van der Waals surface area contributed by atoms with Crippen molar-refractivity contribution in [2.24, 2.45) is 11.8 Å². The zero-order valence-corrected chi connectivity index (χ0v) is 13.5. The van der Waals surface area contributed by atoms with Crippen molar-refractivity contribution in [3.63, 3.8) is 0 Å². The second-order valence-corrected chi connectivity index (χ2v) is 6.98. The highest BCUT2D eigenvalue weighted by Gasteiger charge is 2.44. The molecule has 0 spiro atoms. The summed E-state index contributed by atoms with van der Waals surface area (Å²) in [5, 5.41) is 66.7. The molecule has 12 heteroatoms. The number of hydrogen-bond acceptors (Lipinski definition) is 10. The Kier molecular flexibility index (Phi) is 7.93. The molecule has 0 aromatic carbocycles. The van der Waals surface area contributed by atoms with Gasteiger partial charge in [0, 0.05) is 12.5 Å². The van der Waals surface area contributed by atoms with E-state index in [1.165, 1.54) is 0 Å². The summed E-state index contributed by atoms with van der Waals surface area (Å²) in [5.74, 6) is -1.43. The van der Waals surface area contributed by atoms with Gasteiger partial charge in [-0.1, -0.05) is 0 Å². The molecule has 1 aliphatic carbocycles. The molecule has 0 radical (unpaired) electrons. The molecule has 1 saturated carbocycles. The largest absolute Gasteiger partial charge is 0.397 e. The van der Waals surface area contributed by atoms with Gasteiger partial charge in [-0.3, -0.25) is 4.55 Å². The summed E-state index contributed by atoms with van der Waals surface area (Å²) in [6.45, 7) is -1.46. The highest BCUT2D eigenvalue weighted by molar-refractivity contribution is 7.80. The van der Waals surface area contributed by atoms with E-state index in [4.69, 9.17) is 9.66 Å². The lowest BCUT2D eigenvalue weighted by molar-refractivity contribution is -0.110. The molecular weight excluding hydrogens is 352 g/mol. The van der Waals surface area contributed by atoms with E-state index in [2.05, 4.69) is 4.18 Å². The van der Waals surface area contributed by atoms with Crippen LogP contribution in [-0.2, 0) is 14.6 Å². The lowest BCUT2D eigenvalue weighted by Gasteiger charge is -2.30. The Labute approximate surface area is 138 Å². The molecule has 0 aromatic heterocycles. The standard InChI is InChI=1S/C12H24O11S/c13-3-6-5(1-7(15)10(6)18)2-8(16)12(23-24(20,21)22)11(19)9(17)4-14/h5-19H,1-4H2,(H,20,21,22)/t5?,6-,7+,8+,9+,10+,11+,12+/m0/s1. The van der Waals surface area contributed by atoms with Crippen LogP contribution in [0.4, 0.5) is 0 Å². The van der Waals surface area contributed by atoms with Crippen molar-refractivity contribution in [2.45, 2.75) is 49.5 Å². The van der Waals surface area contributed by atoms with Crippen molar-refractivity contribution in [1.82, 2.24) is 0 Å². The topological polar surface area (TPSA) is 205 Å². The van der Waals surface area contributed by atoms with Crippen LogP contribution in [0.1, 0.15) is 12.8 Å². The van der Waals surface area contributed by atoms with Gasteiger partial charge in [0.15, 0.2) is 0 Å². The van der Waals surface area contributed by atoms with E-state index < -0.39 is 72.1 Å². The van der Waals surface area contributed by atoms with Crippen LogP contribution in [0.15, 0.2) is 0 Å². The molecule has 144 valence electrons. The Morgan fingerprint density at radius 3 is 2.12 bits per heavy atom. The zero-order chi connectivity index (χ0) is 18.7. The smallest absolute Gasteiger partial charge is 0.396 e. The molecule has 8 N–H and O–H groups in total. The summed E-state index contributed by atoms with van der Waals surface area (Å²) in [7, 11) is -5.09. The fourth-order valence-corrected chi connectivity index (χ4v) is 3.50. The van der Waals surface area contributed by atoms with Gasteiger partial charge in [-0.05, 0) is 18.8 Å². The monoisotopic (exact) mass is 376 g/mol. The maximum Gasteiger partial charge on any atom is 0.397 e. The first-order chi connectivity index (χ1) is 11.0. The van der Waals surface area contributed by atoms with E-state index in [0.29, 0.717) is 0 Å². The summed E-state index contributed by atoms with van der Waals surface area (Å²) in [6.07, 6.45) is -10.3. The molecule has 1 fully saturated rings. The molecule has 0 heterocycles. The minimum absolute atomic E-state index is 0.000692. The van der Waals surface area contributed by atoms with Gasteiger partial charge in [0.05, 0.1) is 24.9 Å². The number of rotatable bonds is 9. The average molecular weight is 376 g/mol. The molecule has 0 bridgehead atoms. The summed E-state index contributed by atoms with van der Waals surface area (Å²) in [4.78, 5) is 0. The molecular formula is C12H24O11S. The van der Waals surface area contributed by atoms with E-state index in [0.717, 1.165) is 0 Å². The van der Waals surface area contributed by atoms with Crippen LogP contribution < -0.4 is 0 Å². The Morgan fingerprint density at radius 1 is 1.08 bits per heavy atom. The van der Waals surface area contributed by atoms with Crippen molar-refractivity contribution < 1.29 is 52.9 Å². The zero-order valence-electron chi connectivity index (χ0n) is 12.7. The summed E-state index contributed by atoms with van der Waals surface area (Å²) < 4.78 is 34.7. The molecule has 11 nitrogen and oxygen atoms in total. The van der Waals surface area contributed by atoms with Crippen molar-refractivity contribution in [3.05, 3.63) is 0 Å². The van der Waals surface area contributed by atoms with Gasteiger partial charge in [0.1, 0.15) is 18.3 Å². The molecule has 24 heavy (non-hydrogen) atoms. The molecule has 0 saturated heterocycles. The van der Waals surface area contributed by atoms with Crippen LogP contribution in [0.25, 0.3) is 0 Å². The summed E-state index contributed by atoms with van der Waals surface area (Å²) in [5.41, 5.74) is 0. The van der Waals surface area contributed by atoms with E-state index in [1.807, 2.05) is 0 Å². The van der Waals surface area contributed by atoms with Gasteiger partial charge in [0.25, 0.3) is 0 Å². The Balaban J connectivity index is 2.89. The summed E-state index contributed by atoms with van der Waals surface area (Å²) >= 11 is 0. The van der Waals surface area contributed by atoms with Crippen LogP contribution in [-0.4, -0.2) is 98.6 Å². The quantitative estimate of drug-likeness (QED) is 0.182. The fraction of sp³-hybridized carbons (Fsp3) is 1.00. The average Bonchev–Trinajstić information content (AvgIpc) is 2.76. The van der Waals surface area contributed by atoms with Gasteiger partial charge in [-0.15, -0.1) is 0 Å². The summed E-state index contributed by atoms with van der Waals surface area (Å²) in [6, 6.07) is 0. The van der Waals surface area contributed by atoms with Gasteiger partial charge in [-0.2, -0.15) is 8.42 Å². The van der Waals surface area contributed by atoms with E-state index in [1.54, 1.807) is 0 Å². The highest BCUT2D eigenvalue weighted by atomic mass is 32.3. The first-order valence-corrected chi connectivity index (χ1v) is 8.66. The van der Waals surface area contributed by atoms with Crippen LogP contribution in [0.3, 0.4) is 0 Å². The van der Waals surface area contributed by atoms with E-state index in [9.17, 15) is 39.1 Å². The van der Waals surface area contributed by atoms with Crippen LogP contribution >= 0.6 is 0 Å². The normalized spacial score (nSPS) is 33.2. The predicted molar refractivity (Wildman–Crippen MR) is 76.8 cm³/mol. The minimum atomic E-state index is -5.09. The van der Waals surface area contributed by atoms with Gasteiger partial charge in [-0.25, -0.2) is 4.18 Å². The van der Waals surface area contributed by atoms with Crippen LogP contribution in [0.5, 0.6) is 0 Å². The van der Waals surface area contributed by atoms with Crippen molar-refractivity contribution in [2.75, 3.05) is 13.2 Å². The lowest BCUT2D eigenvalue weighted by Crippen LogP contribution is -2.49. The highest BCUT2D eigenvalue weighted by Crippen LogP contribution is 2.36. The predicted octanol–water partition coefficient (Wildman–Crippen LogP) is -4.01. The molecule has 0 amide bonds. The minimum Gasteiger partial charge on any atom is -0.396 e. The molecule has 0 aromatic rings. The maximum absolute atomic E-state index is 10.9. The molecule has 0 aliphatic heterocycles. The molecule has 1 rings (SSSR count). The van der Waals surface area contributed by atoms with Gasteiger partial charge in [0.2, 0.25) is 0 Å². The molecule has 1 unspecified atom stereocenters. The number of aliphatic hydroxyl groups is 7. The molecule has 1 aliphatic rings. The lowest BCUT2D eigenvalue weighted by atomic mass is 9.87.